The van der Waals surface area contributed by atoms with E-state index in [0.717, 1.165) is 23.1 Å². The lowest BCUT2D eigenvalue weighted by Gasteiger charge is -2.42. The third-order valence-corrected chi connectivity index (χ3v) is 7.34. The summed E-state index contributed by atoms with van der Waals surface area (Å²) in [6.45, 7) is 2.28. The van der Waals surface area contributed by atoms with Gasteiger partial charge in [0.2, 0.25) is 0 Å². The molecule has 4 unspecified atom stereocenters. The minimum atomic E-state index is -0.746. The molecule has 2 aliphatic carbocycles. The van der Waals surface area contributed by atoms with Gasteiger partial charge in [-0.15, -0.1) is 0 Å². The zero-order valence-electron chi connectivity index (χ0n) is 16.5. The molecule has 2 aromatic carbocycles. The first-order chi connectivity index (χ1) is 13.2. The van der Waals surface area contributed by atoms with Gasteiger partial charge in [-0.1, -0.05) is 57.2 Å². The molecule has 27 heavy (non-hydrogen) atoms. The van der Waals surface area contributed by atoms with Gasteiger partial charge >= 0.3 is 0 Å². The summed E-state index contributed by atoms with van der Waals surface area (Å²) in [6.07, 6.45) is 13.5. The third kappa shape index (κ3) is 4.05. The van der Waals surface area contributed by atoms with Crippen LogP contribution in [0.2, 0.25) is 0 Å². The summed E-state index contributed by atoms with van der Waals surface area (Å²) >= 11 is 0. The molecule has 2 aliphatic rings. The second kappa shape index (κ2) is 8.29. The summed E-state index contributed by atoms with van der Waals surface area (Å²) in [6, 6.07) is 8.91. The molecule has 4 atom stereocenters. The quantitative estimate of drug-likeness (QED) is 0.468. The second-order valence-electron chi connectivity index (χ2n) is 9.05. The van der Waals surface area contributed by atoms with Crippen LogP contribution in [0.15, 0.2) is 30.3 Å². The first-order valence-electron chi connectivity index (χ1n) is 11.0. The van der Waals surface area contributed by atoms with Gasteiger partial charge in [0.05, 0.1) is 0 Å². The Bertz CT molecular complexity index is 781. The van der Waals surface area contributed by atoms with Gasteiger partial charge in [-0.25, -0.2) is 8.78 Å². The highest BCUT2D eigenvalue weighted by Gasteiger charge is 2.35. The van der Waals surface area contributed by atoms with E-state index in [4.69, 9.17) is 0 Å². The van der Waals surface area contributed by atoms with Crippen LogP contribution >= 0.6 is 0 Å². The molecular weight excluding hydrogens is 338 g/mol. The van der Waals surface area contributed by atoms with Crippen LogP contribution in [-0.2, 0) is 0 Å². The van der Waals surface area contributed by atoms with E-state index >= 15 is 0 Å². The van der Waals surface area contributed by atoms with Gasteiger partial charge in [0, 0.05) is 5.39 Å². The van der Waals surface area contributed by atoms with E-state index in [-0.39, 0.29) is 0 Å². The summed E-state index contributed by atoms with van der Waals surface area (Å²) in [5.74, 6) is 1.75. The SMILES string of the molecule is CCCCCC1CCC2CC(c3ccc4ccc(F)c(F)c4c3)CCC2C1. The maximum Gasteiger partial charge on any atom is 0.166 e. The Morgan fingerprint density at radius 3 is 2.52 bits per heavy atom. The van der Waals surface area contributed by atoms with Crippen LogP contribution in [0.1, 0.15) is 82.6 Å². The molecule has 2 fully saturated rings. The summed E-state index contributed by atoms with van der Waals surface area (Å²) in [5, 5.41) is 1.23. The molecule has 146 valence electrons. The van der Waals surface area contributed by atoms with Crippen molar-refractivity contribution < 1.29 is 8.78 Å². The van der Waals surface area contributed by atoms with Crippen molar-refractivity contribution in [1.82, 2.24) is 0 Å². The predicted molar refractivity (Wildman–Crippen MR) is 109 cm³/mol. The van der Waals surface area contributed by atoms with Crippen molar-refractivity contribution in [1.29, 1.82) is 0 Å². The zero-order valence-corrected chi connectivity index (χ0v) is 16.5. The molecule has 0 radical (unpaired) electrons. The van der Waals surface area contributed by atoms with Gasteiger partial charge in [-0.05, 0) is 78.9 Å². The largest absolute Gasteiger partial charge is 0.204 e. The molecule has 4 rings (SSSR count). The molecule has 0 aromatic heterocycles. The highest BCUT2D eigenvalue weighted by Crippen LogP contribution is 2.48. The Labute approximate surface area is 162 Å². The highest BCUT2D eigenvalue weighted by molar-refractivity contribution is 5.84. The average Bonchev–Trinajstić information content (AvgIpc) is 2.70. The van der Waals surface area contributed by atoms with Crippen molar-refractivity contribution in [3.63, 3.8) is 0 Å². The number of rotatable bonds is 5. The van der Waals surface area contributed by atoms with E-state index in [0.29, 0.717) is 11.3 Å². The normalized spacial score (nSPS) is 28.3. The fourth-order valence-corrected chi connectivity index (χ4v) is 5.76. The van der Waals surface area contributed by atoms with Crippen LogP contribution in [0.3, 0.4) is 0 Å². The highest BCUT2D eigenvalue weighted by atomic mass is 19.2. The maximum absolute atomic E-state index is 14.2. The van der Waals surface area contributed by atoms with Gasteiger partial charge in [0.1, 0.15) is 0 Å². The minimum absolute atomic E-state index is 0.439. The summed E-state index contributed by atoms with van der Waals surface area (Å²) < 4.78 is 27.8. The first-order valence-corrected chi connectivity index (χ1v) is 11.0. The zero-order chi connectivity index (χ0) is 18.8. The average molecular weight is 371 g/mol. The number of halogens is 2. The standard InChI is InChI=1S/C25H32F2/c1-2-3-4-5-17-6-7-20-15-21(11-10-19(20)14-17)22-9-8-18-12-13-24(26)25(27)23(18)16-22/h8-9,12-13,16-17,19-21H,2-7,10-11,14-15H2,1H3. The van der Waals surface area contributed by atoms with E-state index in [1.165, 1.54) is 75.8 Å². The molecule has 0 amide bonds. The second-order valence-corrected chi connectivity index (χ2v) is 9.05. The van der Waals surface area contributed by atoms with Crippen LogP contribution in [-0.4, -0.2) is 0 Å². The Hall–Kier alpha value is -1.44. The molecule has 0 spiro atoms. The van der Waals surface area contributed by atoms with Crippen LogP contribution in [0, 0.1) is 29.4 Å². The Morgan fingerprint density at radius 1 is 0.889 bits per heavy atom. The van der Waals surface area contributed by atoms with Gasteiger partial charge in [0.15, 0.2) is 11.6 Å². The summed E-state index contributed by atoms with van der Waals surface area (Å²) in [5.41, 5.74) is 1.20. The predicted octanol–water partition coefficient (Wildman–Crippen LogP) is 8.00. The lowest BCUT2D eigenvalue weighted by Crippen LogP contribution is -2.30. The Balaban J connectivity index is 1.43. The molecule has 0 aliphatic heterocycles. The van der Waals surface area contributed by atoms with E-state index in [9.17, 15) is 8.78 Å². The number of fused-ring (bicyclic) bond motifs is 2. The third-order valence-electron chi connectivity index (χ3n) is 7.34. The van der Waals surface area contributed by atoms with Crippen LogP contribution in [0.4, 0.5) is 8.78 Å². The van der Waals surface area contributed by atoms with E-state index in [2.05, 4.69) is 13.0 Å². The van der Waals surface area contributed by atoms with Crippen LogP contribution < -0.4 is 0 Å². The molecular formula is C25H32F2. The van der Waals surface area contributed by atoms with Gasteiger partial charge < -0.3 is 0 Å². The lowest BCUT2D eigenvalue weighted by molar-refractivity contribution is 0.113. The Morgan fingerprint density at radius 2 is 1.67 bits per heavy atom. The number of hydrogen-bond acceptors (Lipinski definition) is 0. The number of benzene rings is 2. The molecule has 0 saturated heterocycles. The Kier molecular flexibility index (Phi) is 5.80. The molecule has 0 bridgehead atoms. The molecule has 0 nitrogen and oxygen atoms in total. The van der Waals surface area contributed by atoms with Crippen molar-refractivity contribution in [2.24, 2.45) is 17.8 Å². The molecule has 2 aromatic rings. The van der Waals surface area contributed by atoms with Crippen LogP contribution in [0.5, 0.6) is 0 Å². The van der Waals surface area contributed by atoms with Crippen LogP contribution in [0.25, 0.3) is 10.8 Å². The molecule has 0 heterocycles. The fourth-order valence-electron chi connectivity index (χ4n) is 5.76. The first kappa shape index (κ1) is 18.9. The van der Waals surface area contributed by atoms with E-state index in [1.807, 2.05) is 12.1 Å². The number of hydrogen-bond donors (Lipinski definition) is 0. The molecule has 2 heteroatoms. The lowest BCUT2D eigenvalue weighted by atomic mass is 9.63. The smallest absolute Gasteiger partial charge is 0.166 e. The summed E-state index contributed by atoms with van der Waals surface area (Å²) in [7, 11) is 0. The molecule has 2 saturated carbocycles. The number of unbranched alkanes of at least 4 members (excludes halogenated alkanes) is 2. The molecule has 0 N–H and O–H groups in total. The van der Waals surface area contributed by atoms with Gasteiger partial charge in [-0.2, -0.15) is 0 Å². The van der Waals surface area contributed by atoms with Crippen molar-refractivity contribution in [2.75, 3.05) is 0 Å². The topological polar surface area (TPSA) is 0 Å². The minimum Gasteiger partial charge on any atom is -0.204 e. The monoisotopic (exact) mass is 370 g/mol. The van der Waals surface area contributed by atoms with Crippen molar-refractivity contribution in [3.8, 4) is 0 Å². The summed E-state index contributed by atoms with van der Waals surface area (Å²) in [4.78, 5) is 0. The van der Waals surface area contributed by atoms with E-state index < -0.39 is 11.6 Å². The maximum atomic E-state index is 14.2. The van der Waals surface area contributed by atoms with Crippen molar-refractivity contribution in [3.05, 3.63) is 47.5 Å². The van der Waals surface area contributed by atoms with Crippen molar-refractivity contribution in [2.45, 2.75) is 77.0 Å². The fraction of sp³-hybridized carbons (Fsp3) is 0.600. The van der Waals surface area contributed by atoms with Gasteiger partial charge in [0.25, 0.3) is 0 Å². The van der Waals surface area contributed by atoms with Gasteiger partial charge in [-0.3, -0.25) is 0 Å². The van der Waals surface area contributed by atoms with E-state index in [1.54, 1.807) is 6.07 Å². The van der Waals surface area contributed by atoms with Crippen molar-refractivity contribution >= 4 is 10.8 Å².